The fourth-order valence-corrected chi connectivity index (χ4v) is 9.54. The number of rotatable bonds is 22. The lowest BCUT2D eigenvalue weighted by atomic mass is 10.2. The van der Waals surface area contributed by atoms with Gasteiger partial charge in [-0.05, 0) is 15.4 Å². The standard InChI is InChI=1S/C35H43F5O8Si/c1-35(2,3)49(26-10-6-4-7-11-26,27-12-8-5-9-13-27)47-25-24-46-23-22-45-21-20-44-19-18-43-17-16-42-15-14-28(41)48-34-32(39)30(37)29(36)31(38)33(34)40/h4-13H,14-25H2,1-3H3. The van der Waals surface area contributed by atoms with Gasteiger partial charge in [-0.25, -0.2) is 13.2 Å². The Kier molecular flexibility index (Phi) is 16.8. The molecule has 3 rings (SSSR count). The molecule has 0 spiro atoms. The topological polar surface area (TPSA) is 81.7 Å². The first-order chi connectivity index (χ1) is 23.5. The van der Waals surface area contributed by atoms with Crippen molar-refractivity contribution in [2.45, 2.75) is 32.2 Å². The van der Waals surface area contributed by atoms with Crippen molar-refractivity contribution in [3.05, 3.63) is 89.7 Å². The number of hydrogen-bond acceptors (Lipinski definition) is 8. The molecule has 0 unspecified atom stereocenters. The van der Waals surface area contributed by atoms with Crippen molar-refractivity contribution < 1.29 is 59.6 Å². The van der Waals surface area contributed by atoms with Gasteiger partial charge in [0.1, 0.15) is 0 Å². The van der Waals surface area contributed by atoms with Crippen LogP contribution in [0.15, 0.2) is 60.7 Å². The Morgan fingerprint density at radius 3 is 1.27 bits per heavy atom. The van der Waals surface area contributed by atoms with E-state index in [-0.39, 0.29) is 31.5 Å². The molecule has 0 fully saturated rings. The van der Waals surface area contributed by atoms with Crippen LogP contribution in [-0.2, 0) is 32.9 Å². The third-order valence-corrected chi connectivity index (χ3v) is 12.3. The van der Waals surface area contributed by atoms with Crippen molar-refractivity contribution in [3.8, 4) is 5.75 Å². The third-order valence-electron chi connectivity index (χ3n) is 7.29. The summed E-state index contributed by atoms with van der Waals surface area (Å²) in [5.41, 5.74) is 0. The molecule has 0 saturated carbocycles. The molecule has 0 aliphatic carbocycles. The second-order valence-corrected chi connectivity index (χ2v) is 16.0. The smallest absolute Gasteiger partial charge is 0.313 e. The molecule has 49 heavy (non-hydrogen) atoms. The largest absolute Gasteiger partial charge is 0.420 e. The van der Waals surface area contributed by atoms with E-state index in [1.54, 1.807) is 0 Å². The molecule has 270 valence electrons. The molecule has 0 heterocycles. The highest BCUT2D eigenvalue weighted by Gasteiger charge is 2.50. The number of benzene rings is 3. The summed E-state index contributed by atoms with van der Waals surface area (Å²) in [6, 6.07) is 20.9. The van der Waals surface area contributed by atoms with E-state index in [9.17, 15) is 26.7 Å². The lowest BCUT2D eigenvalue weighted by Gasteiger charge is -2.43. The van der Waals surface area contributed by atoms with Crippen LogP contribution in [0.4, 0.5) is 22.0 Å². The van der Waals surface area contributed by atoms with Crippen LogP contribution in [0.1, 0.15) is 27.2 Å². The van der Waals surface area contributed by atoms with E-state index in [0.29, 0.717) is 46.2 Å². The number of carbonyl (C=O) groups excluding carboxylic acids is 1. The molecule has 0 aromatic heterocycles. The lowest BCUT2D eigenvalue weighted by molar-refractivity contribution is -0.136. The molecule has 0 radical (unpaired) electrons. The van der Waals surface area contributed by atoms with Crippen LogP contribution in [0.3, 0.4) is 0 Å². The normalized spacial score (nSPS) is 12.0. The summed E-state index contributed by atoms with van der Waals surface area (Å²) in [4.78, 5) is 11.7. The van der Waals surface area contributed by atoms with Gasteiger partial charge in [0.25, 0.3) is 8.32 Å². The maximum atomic E-state index is 13.6. The molecule has 0 saturated heterocycles. The minimum atomic E-state index is -2.59. The third kappa shape index (κ3) is 11.7. The Bertz CT molecular complexity index is 1360. The van der Waals surface area contributed by atoms with E-state index in [2.05, 4.69) is 74.0 Å². The Labute approximate surface area is 284 Å². The molecule has 14 heteroatoms. The molecule has 3 aromatic carbocycles. The molecule has 0 atom stereocenters. The number of ether oxygens (including phenoxy) is 6. The molecular weight excluding hydrogens is 671 g/mol. The maximum Gasteiger partial charge on any atom is 0.313 e. The Morgan fingerprint density at radius 1 is 0.531 bits per heavy atom. The predicted molar refractivity (Wildman–Crippen MR) is 174 cm³/mol. The molecule has 0 amide bonds. The number of carbonyl (C=O) groups is 1. The number of esters is 1. The summed E-state index contributed by atoms with van der Waals surface area (Å²) >= 11 is 0. The van der Waals surface area contributed by atoms with E-state index in [1.807, 2.05) is 12.1 Å². The first-order valence-electron chi connectivity index (χ1n) is 15.9. The van der Waals surface area contributed by atoms with Gasteiger partial charge in [-0.15, -0.1) is 0 Å². The van der Waals surface area contributed by atoms with E-state index in [0.717, 1.165) is 0 Å². The van der Waals surface area contributed by atoms with Crippen LogP contribution < -0.4 is 15.1 Å². The molecule has 0 bridgehead atoms. The van der Waals surface area contributed by atoms with Gasteiger partial charge in [0.15, 0.2) is 0 Å². The first-order valence-corrected chi connectivity index (χ1v) is 17.8. The maximum absolute atomic E-state index is 13.6. The van der Waals surface area contributed by atoms with Crippen molar-refractivity contribution in [2.75, 3.05) is 72.7 Å². The minimum Gasteiger partial charge on any atom is -0.420 e. The quantitative estimate of drug-likeness (QED) is 0.0263. The fraction of sp³-hybridized carbons (Fsp3) is 0.457. The Hall–Kier alpha value is -3.24. The minimum absolute atomic E-state index is 0.0852. The average molecular weight is 715 g/mol. The number of halogens is 5. The molecule has 0 aliphatic rings. The summed E-state index contributed by atoms with van der Waals surface area (Å²) in [6.07, 6.45) is -0.483. The SMILES string of the molecule is CC(C)(C)[Si](OCCOCCOCCOCCOCCOCCC(=O)Oc1c(F)c(F)c(F)c(F)c1F)(c1ccccc1)c1ccccc1. The molecule has 0 N–H and O–H groups in total. The van der Waals surface area contributed by atoms with Gasteiger partial charge < -0.3 is 32.8 Å². The van der Waals surface area contributed by atoms with Crippen molar-refractivity contribution in [1.29, 1.82) is 0 Å². The highest BCUT2D eigenvalue weighted by Crippen LogP contribution is 2.36. The summed E-state index contributed by atoms with van der Waals surface area (Å²) in [6.45, 7) is 9.79. The van der Waals surface area contributed by atoms with Crippen LogP contribution in [-0.4, -0.2) is 87.0 Å². The summed E-state index contributed by atoms with van der Waals surface area (Å²) in [5.74, 6) is -14.1. The van der Waals surface area contributed by atoms with Gasteiger partial charge in [-0.3, -0.25) is 4.79 Å². The lowest BCUT2D eigenvalue weighted by Crippen LogP contribution is -2.66. The van der Waals surface area contributed by atoms with E-state index in [1.165, 1.54) is 10.4 Å². The zero-order valence-electron chi connectivity index (χ0n) is 27.9. The van der Waals surface area contributed by atoms with Gasteiger partial charge in [-0.2, -0.15) is 8.78 Å². The molecule has 3 aromatic rings. The van der Waals surface area contributed by atoms with Crippen molar-refractivity contribution >= 4 is 24.7 Å². The van der Waals surface area contributed by atoms with Gasteiger partial charge in [0.2, 0.25) is 34.8 Å². The Morgan fingerprint density at radius 2 is 0.878 bits per heavy atom. The van der Waals surface area contributed by atoms with Gasteiger partial charge >= 0.3 is 5.97 Å². The van der Waals surface area contributed by atoms with Gasteiger partial charge in [-0.1, -0.05) is 81.4 Å². The first kappa shape index (κ1) is 40.2. The predicted octanol–water partition coefficient (Wildman–Crippen LogP) is 5.34. The van der Waals surface area contributed by atoms with E-state index < -0.39 is 55.5 Å². The van der Waals surface area contributed by atoms with Crippen molar-refractivity contribution in [1.82, 2.24) is 0 Å². The average Bonchev–Trinajstić information content (AvgIpc) is 3.09. The van der Waals surface area contributed by atoms with Gasteiger partial charge in [0.05, 0.1) is 79.1 Å². The van der Waals surface area contributed by atoms with Crippen LogP contribution in [0.5, 0.6) is 5.75 Å². The van der Waals surface area contributed by atoms with Crippen molar-refractivity contribution in [3.63, 3.8) is 0 Å². The van der Waals surface area contributed by atoms with Gasteiger partial charge in [0, 0.05) is 0 Å². The summed E-state index contributed by atoms with van der Waals surface area (Å²) < 4.78 is 105. The number of hydrogen-bond donors (Lipinski definition) is 0. The Balaban J connectivity index is 1.19. The molecule has 8 nitrogen and oxygen atoms in total. The summed E-state index contributed by atoms with van der Waals surface area (Å²) in [7, 11) is -2.59. The fourth-order valence-electron chi connectivity index (χ4n) is 4.99. The monoisotopic (exact) mass is 714 g/mol. The summed E-state index contributed by atoms with van der Waals surface area (Å²) in [5, 5.41) is 2.33. The van der Waals surface area contributed by atoms with Crippen LogP contribution in [0.2, 0.25) is 5.04 Å². The van der Waals surface area contributed by atoms with E-state index in [4.69, 9.17) is 28.1 Å². The second-order valence-electron chi connectivity index (χ2n) is 11.7. The van der Waals surface area contributed by atoms with E-state index >= 15 is 0 Å². The highest BCUT2D eigenvalue weighted by atomic mass is 28.4. The van der Waals surface area contributed by atoms with Crippen LogP contribution >= 0.6 is 0 Å². The highest BCUT2D eigenvalue weighted by molar-refractivity contribution is 6.99. The zero-order chi connectivity index (χ0) is 35.7. The second kappa shape index (κ2) is 20.4. The van der Waals surface area contributed by atoms with Crippen LogP contribution in [0.25, 0.3) is 0 Å². The van der Waals surface area contributed by atoms with Crippen LogP contribution in [0, 0.1) is 29.1 Å². The molecule has 0 aliphatic heterocycles. The molecular formula is C35H43F5O8Si. The van der Waals surface area contributed by atoms with Crippen molar-refractivity contribution in [2.24, 2.45) is 0 Å². The zero-order valence-corrected chi connectivity index (χ0v) is 28.9.